The standard InChI is InChI=1S/C21H19Cl2N5O/c1-3-9-28-19-15(22)5-4-6-17(19)27-21(28)13-10-16(23)20(25-11-13)26-14-7-8-18(29-2)24-12-14/h4-8,10-12H,3,9H2,1-2H3,(H,25,26). The second kappa shape index (κ2) is 8.27. The lowest BCUT2D eigenvalue weighted by molar-refractivity contribution is 0.398. The number of methoxy groups -OCH3 is 1. The van der Waals surface area contributed by atoms with E-state index in [1.165, 1.54) is 0 Å². The van der Waals surface area contributed by atoms with Crippen molar-refractivity contribution in [1.82, 2.24) is 19.5 Å². The summed E-state index contributed by atoms with van der Waals surface area (Å²) in [5.41, 5.74) is 3.37. The molecule has 0 bridgehead atoms. The molecule has 0 aliphatic carbocycles. The molecule has 8 heteroatoms. The second-order valence-corrected chi connectivity index (χ2v) is 7.28. The van der Waals surface area contributed by atoms with Gasteiger partial charge in [0.1, 0.15) is 11.6 Å². The summed E-state index contributed by atoms with van der Waals surface area (Å²) in [7, 11) is 1.58. The maximum absolute atomic E-state index is 6.51. The predicted molar refractivity (Wildman–Crippen MR) is 117 cm³/mol. The average Bonchev–Trinajstić information content (AvgIpc) is 3.10. The fraction of sp³-hybridized carbons (Fsp3) is 0.190. The van der Waals surface area contributed by atoms with Gasteiger partial charge in [-0.3, -0.25) is 0 Å². The van der Waals surface area contributed by atoms with E-state index in [9.17, 15) is 0 Å². The van der Waals surface area contributed by atoms with Crippen LogP contribution in [0.1, 0.15) is 13.3 Å². The molecular formula is C21H19Cl2N5O. The lowest BCUT2D eigenvalue weighted by Crippen LogP contribution is -2.01. The molecular weight excluding hydrogens is 409 g/mol. The Morgan fingerprint density at radius 1 is 1.07 bits per heavy atom. The highest BCUT2D eigenvalue weighted by Crippen LogP contribution is 2.32. The van der Waals surface area contributed by atoms with Gasteiger partial charge < -0.3 is 14.6 Å². The molecule has 148 valence electrons. The number of ether oxygens (including phenoxy) is 1. The Labute approximate surface area is 178 Å². The Morgan fingerprint density at radius 2 is 1.93 bits per heavy atom. The van der Waals surface area contributed by atoms with Gasteiger partial charge in [-0.1, -0.05) is 36.2 Å². The largest absolute Gasteiger partial charge is 0.481 e. The van der Waals surface area contributed by atoms with E-state index in [-0.39, 0.29) is 0 Å². The number of aryl methyl sites for hydroxylation is 1. The minimum absolute atomic E-state index is 0.486. The van der Waals surface area contributed by atoms with Crippen molar-refractivity contribution < 1.29 is 4.74 Å². The first kappa shape index (κ1) is 19.5. The first-order valence-corrected chi connectivity index (χ1v) is 9.94. The van der Waals surface area contributed by atoms with Crippen LogP contribution in [-0.2, 0) is 6.54 Å². The Morgan fingerprint density at radius 3 is 2.62 bits per heavy atom. The van der Waals surface area contributed by atoms with E-state index in [1.807, 2.05) is 30.3 Å². The summed E-state index contributed by atoms with van der Waals surface area (Å²) in [6.45, 7) is 2.91. The summed E-state index contributed by atoms with van der Waals surface area (Å²) in [4.78, 5) is 13.4. The second-order valence-electron chi connectivity index (χ2n) is 6.46. The van der Waals surface area contributed by atoms with Crippen molar-refractivity contribution in [3.63, 3.8) is 0 Å². The van der Waals surface area contributed by atoms with E-state index < -0.39 is 0 Å². The van der Waals surface area contributed by atoms with Gasteiger partial charge in [-0.2, -0.15) is 0 Å². The lowest BCUT2D eigenvalue weighted by atomic mass is 10.2. The zero-order valence-corrected chi connectivity index (χ0v) is 17.5. The minimum Gasteiger partial charge on any atom is -0.481 e. The van der Waals surface area contributed by atoms with E-state index in [4.69, 9.17) is 32.9 Å². The smallest absolute Gasteiger partial charge is 0.213 e. The lowest BCUT2D eigenvalue weighted by Gasteiger charge is -2.11. The summed E-state index contributed by atoms with van der Waals surface area (Å²) < 4.78 is 7.19. The van der Waals surface area contributed by atoms with Gasteiger partial charge in [-0.25, -0.2) is 15.0 Å². The maximum atomic E-state index is 6.51. The normalized spacial score (nSPS) is 11.0. The Hall–Kier alpha value is -2.83. The van der Waals surface area contributed by atoms with Crippen LogP contribution in [0.4, 0.5) is 11.5 Å². The van der Waals surface area contributed by atoms with E-state index in [2.05, 4.69) is 26.8 Å². The molecule has 0 fully saturated rings. The van der Waals surface area contributed by atoms with Crippen LogP contribution in [0, 0.1) is 0 Å². The van der Waals surface area contributed by atoms with Crippen LogP contribution >= 0.6 is 23.2 Å². The fourth-order valence-electron chi connectivity index (χ4n) is 3.17. The molecule has 0 aliphatic heterocycles. The highest BCUT2D eigenvalue weighted by Gasteiger charge is 2.16. The number of imidazole rings is 1. The summed E-state index contributed by atoms with van der Waals surface area (Å²) >= 11 is 13.0. The first-order valence-electron chi connectivity index (χ1n) is 9.18. The predicted octanol–water partition coefficient (Wildman–Crippen LogP) is 5.96. The van der Waals surface area contributed by atoms with Crippen LogP contribution < -0.4 is 10.1 Å². The van der Waals surface area contributed by atoms with Crippen molar-refractivity contribution in [2.75, 3.05) is 12.4 Å². The molecule has 0 spiro atoms. The Bertz CT molecular complexity index is 1160. The maximum Gasteiger partial charge on any atom is 0.213 e. The molecule has 0 unspecified atom stereocenters. The number of nitrogens with one attached hydrogen (secondary N) is 1. The molecule has 0 amide bonds. The minimum atomic E-state index is 0.486. The van der Waals surface area contributed by atoms with Crippen molar-refractivity contribution in [2.45, 2.75) is 19.9 Å². The van der Waals surface area contributed by atoms with Crippen molar-refractivity contribution >= 4 is 45.7 Å². The molecule has 1 aromatic carbocycles. The van der Waals surface area contributed by atoms with Crippen LogP contribution in [0.5, 0.6) is 5.88 Å². The topological polar surface area (TPSA) is 64.9 Å². The molecule has 3 heterocycles. The third-order valence-electron chi connectivity index (χ3n) is 4.47. The number of nitrogens with zero attached hydrogens (tertiary/aromatic N) is 4. The van der Waals surface area contributed by atoms with Crippen LogP contribution in [-0.4, -0.2) is 26.6 Å². The number of anilines is 2. The molecule has 4 rings (SSSR count). The average molecular weight is 428 g/mol. The van der Waals surface area contributed by atoms with Gasteiger partial charge in [0.2, 0.25) is 5.88 Å². The molecule has 6 nitrogen and oxygen atoms in total. The van der Waals surface area contributed by atoms with Crippen molar-refractivity contribution in [1.29, 1.82) is 0 Å². The number of hydrogen-bond acceptors (Lipinski definition) is 5. The van der Waals surface area contributed by atoms with Gasteiger partial charge >= 0.3 is 0 Å². The number of benzene rings is 1. The van der Waals surface area contributed by atoms with Gasteiger partial charge in [-0.15, -0.1) is 0 Å². The molecule has 29 heavy (non-hydrogen) atoms. The number of aromatic nitrogens is 4. The Kier molecular flexibility index (Phi) is 5.56. The number of halogens is 2. The quantitative estimate of drug-likeness (QED) is 0.410. The molecule has 1 N–H and O–H groups in total. The van der Waals surface area contributed by atoms with Gasteiger partial charge in [-0.05, 0) is 30.7 Å². The van der Waals surface area contributed by atoms with Crippen LogP contribution in [0.15, 0.2) is 48.8 Å². The van der Waals surface area contributed by atoms with E-state index in [0.29, 0.717) is 21.7 Å². The Balaban J connectivity index is 1.70. The molecule has 0 aliphatic rings. The van der Waals surface area contributed by atoms with E-state index >= 15 is 0 Å². The van der Waals surface area contributed by atoms with Gasteiger partial charge in [0.25, 0.3) is 0 Å². The molecule has 4 aromatic rings. The van der Waals surface area contributed by atoms with Crippen molar-refractivity contribution in [3.8, 4) is 17.3 Å². The molecule has 0 saturated carbocycles. The third kappa shape index (κ3) is 3.86. The number of pyridine rings is 2. The summed E-state index contributed by atoms with van der Waals surface area (Å²) in [5, 5.41) is 4.33. The molecule has 0 radical (unpaired) electrons. The number of fused-ring (bicyclic) bond motifs is 1. The zero-order valence-electron chi connectivity index (χ0n) is 16.0. The molecule has 3 aromatic heterocycles. The van der Waals surface area contributed by atoms with Crippen molar-refractivity contribution in [2.24, 2.45) is 0 Å². The van der Waals surface area contributed by atoms with Crippen molar-refractivity contribution in [3.05, 3.63) is 58.8 Å². The van der Waals surface area contributed by atoms with Gasteiger partial charge in [0.15, 0.2) is 0 Å². The van der Waals surface area contributed by atoms with Crippen LogP contribution in [0.2, 0.25) is 10.0 Å². The third-order valence-corrected chi connectivity index (χ3v) is 5.07. The van der Waals surface area contributed by atoms with Crippen LogP contribution in [0.25, 0.3) is 22.4 Å². The summed E-state index contributed by atoms with van der Waals surface area (Å²) in [6, 6.07) is 11.2. The van der Waals surface area contributed by atoms with Gasteiger partial charge in [0, 0.05) is 24.4 Å². The highest BCUT2D eigenvalue weighted by atomic mass is 35.5. The number of hydrogen-bond donors (Lipinski definition) is 1. The van der Waals surface area contributed by atoms with E-state index in [1.54, 1.807) is 25.6 Å². The number of para-hydroxylation sites is 1. The highest BCUT2D eigenvalue weighted by molar-refractivity contribution is 6.35. The molecule has 0 atom stereocenters. The van der Waals surface area contributed by atoms with Gasteiger partial charge in [0.05, 0.1) is 40.1 Å². The monoisotopic (exact) mass is 427 g/mol. The van der Waals surface area contributed by atoms with E-state index in [0.717, 1.165) is 41.1 Å². The number of rotatable bonds is 6. The summed E-state index contributed by atoms with van der Waals surface area (Å²) in [6.07, 6.45) is 4.37. The zero-order chi connectivity index (χ0) is 20.4. The fourth-order valence-corrected chi connectivity index (χ4v) is 3.65. The SMILES string of the molecule is CCCn1c(-c2cnc(Nc3ccc(OC)nc3)c(Cl)c2)nc2cccc(Cl)c21. The first-order chi connectivity index (χ1) is 14.1. The van der Waals surface area contributed by atoms with Crippen LogP contribution in [0.3, 0.4) is 0 Å². The summed E-state index contributed by atoms with van der Waals surface area (Å²) in [5.74, 6) is 1.87. The molecule has 0 saturated heterocycles.